The molecule has 3 rings (SSSR count). The molecule has 0 radical (unpaired) electrons. The van der Waals surface area contributed by atoms with Gasteiger partial charge in [0.25, 0.3) is 0 Å². The van der Waals surface area contributed by atoms with E-state index < -0.39 is 0 Å². The van der Waals surface area contributed by atoms with Crippen LogP contribution in [-0.4, -0.2) is 37.2 Å². The molecule has 1 aromatic rings. The first-order valence-corrected chi connectivity index (χ1v) is 9.98. The van der Waals surface area contributed by atoms with Crippen molar-refractivity contribution in [2.24, 2.45) is 0 Å². The molecular formula is C20H30BNO2S. The summed E-state index contributed by atoms with van der Waals surface area (Å²) in [7, 11) is -0.336. The minimum Gasteiger partial charge on any atom is -0.400 e. The molecule has 0 atom stereocenters. The molecule has 2 heterocycles. The lowest BCUT2D eigenvalue weighted by molar-refractivity contribution is 0.00578. The third kappa shape index (κ3) is 3.94. The van der Waals surface area contributed by atoms with Crippen LogP contribution in [0.2, 0.25) is 0 Å². The highest BCUT2D eigenvalue weighted by Gasteiger charge is 2.52. The van der Waals surface area contributed by atoms with Crippen LogP contribution in [0, 0.1) is 0 Å². The van der Waals surface area contributed by atoms with Crippen LogP contribution < -0.4 is 4.90 Å². The summed E-state index contributed by atoms with van der Waals surface area (Å²) < 4.78 is 12.4. The summed E-state index contributed by atoms with van der Waals surface area (Å²) in [5, 5.41) is 0. The molecule has 2 saturated heterocycles. The zero-order chi connectivity index (χ0) is 18.1. The lowest BCUT2D eigenvalue weighted by Gasteiger charge is -2.32. The number of nitrogens with zero attached hydrogens (tertiary/aromatic N) is 1. The molecule has 0 amide bonds. The Labute approximate surface area is 158 Å². The van der Waals surface area contributed by atoms with Crippen molar-refractivity contribution in [1.82, 2.24) is 0 Å². The van der Waals surface area contributed by atoms with Gasteiger partial charge in [0.15, 0.2) is 0 Å². The molecule has 0 bridgehead atoms. The number of piperidine rings is 1. The Hall–Kier alpha value is -0.905. The maximum absolute atomic E-state index is 6.22. The summed E-state index contributed by atoms with van der Waals surface area (Å²) in [6.45, 7) is 10.6. The summed E-state index contributed by atoms with van der Waals surface area (Å²) in [6.07, 6.45) is 6.09. The lowest BCUT2D eigenvalue weighted by atomic mass is 9.78. The average Bonchev–Trinajstić information content (AvgIpc) is 2.81. The lowest BCUT2D eigenvalue weighted by Crippen LogP contribution is -2.41. The van der Waals surface area contributed by atoms with Crippen molar-refractivity contribution >= 4 is 31.5 Å². The summed E-state index contributed by atoms with van der Waals surface area (Å²) in [5.74, 6) is 0.616. The maximum Gasteiger partial charge on any atom is 0.491 e. The first-order chi connectivity index (χ1) is 11.8. The summed E-state index contributed by atoms with van der Waals surface area (Å²) in [4.78, 5) is 2.50. The fourth-order valence-corrected chi connectivity index (χ4v) is 3.66. The monoisotopic (exact) mass is 359 g/mol. The van der Waals surface area contributed by atoms with Crippen LogP contribution in [0.5, 0.6) is 0 Å². The van der Waals surface area contributed by atoms with Crippen LogP contribution in [0.1, 0.15) is 52.5 Å². The van der Waals surface area contributed by atoms with E-state index in [1.165, 1.54) is 30.5 Å². The molecule has 0 aromatic heterocycles. The Balaban J connectivity index is 1.88. The first kappa shape index (κ1) is 18.9. The number of para-hydroxylation sites is 1. The number of benzene rings is 1. The molecule has 0 N–H and O–H groups in total. The Morgan fingerprint density at radius 2 is 1.68 bits per heavy atom. The Bertz CT molecular complexity index is 622. The molecule has 136 valence electrons. The average molecular weight is 359 g/mol. The van der Waals surface area contributed by atoms with E-state index in [1.807, 2.05) is 0 Å². The largest absolute Gasteiger partial charge is 0.491 e. The van der Waals surface area contributed by atoms with Gasteiger partial charge in [0.1, 0.15) is 0 Å². The highest BCUT2D eigenvalue weighted by Crippen LogP contribution is 2.39. The van der Waals surface area contributed by atoms with Crippen molar-refractivity contribution in [3.8, 4) is 0 Å². The van der Waals surface area contributed by atoms with Crippen molar-refractivity contribution in [3.63, 3.8) is 0 Å². The third-order valence-electron chi connectivity index (χ3n) is 5.71. The van der Waals surface area contributed by atoms with Gasteiger partial charge in [-0.15, -0.1) is 0 Å². The third-order valence-corrected chi connectivity index (χ3v) is 6.08. The zero-order valence-corrected chi connectivity index (χ0v) is 16.8. The SMILES string of the molecule is CC1(C)OB(C(=Cc2ccccc2N2CCCCC2)CS)OC1(C)C. The normalized spacial score (nSPS) is 23.2. The van der Waals surface area contributed by atoms with Crippen LogP contribution in [0.4, 0.5) is 5.69 Å². The molecule has 0 unspecified atom stereocenters. The molecule has 0 spiro atoms. The second kappa shape index (κ2) is 7.38. The van der Waals surface area contributed by atoms with Crippen LogP contribution in [0.3, 0.4) is 0 Å². The number of anilines is 1. The van der Waals surface area contributed by atoms with Gasteiger partial charge < -0.3 is 14.2 Å². The van der Waals surface area contributed by atoms with E-state index in [0.717, 1.165) is 18.6 Å². The van der Waals surface area contributed by atoms with Crippen molar-refractivity contribution in [2.45, 2.75) is 58.2 Å². The van der Waals surface area contributed by atoms with Crippen LogP contribution in [0.15, 0.2) is 29.7 Å². The van der Waals surface area contributed by atoms with Gasteiger partial charge in [-0.05, 0) is 64.1 Å². The fraction of sp³-hybridized carbons (Fsp3) is 0.600. The number of hydrogen-bond acceptors (Lipinski definition) is 4. The predicted molar refractivity (Wildman–Crippen MR) is 110 cm³/mol. The maximum atomic E-state index is 6.22. The molecule has 2 aliphatic rings. The highest BCUT2D eigenvalue weighted by atomic mass is 32.1. The van der Waals surface area contributed by atoms with Gasteiger partial charge >= 0.3 is 7.12 Å². The van der Waals surface area contributed by atoms with E-state index in [4.69, 9.17) is 9.31 Å². The van der Waals surface area contributed by atoms with Gasteiger partial charge in [-0.1, -0.05) is 24.3 Å². The molecule has 25 heavy (non-hydrogen) atoms. The van der Waals surface area contributed by atoms with Crippen LogP contribution >= 0.6 is 12.6 Å². The number of hydrogen-bond donors (Lipinski definition) is 1. The molecule has 0 saturated carbocycles. The smallest absolute Gasteiger partial charge is 0.400 e. The predicted octanol–water partition coefficient (Wildman–Crippen LogP) is 4.62. The number of rotatable bonds is 4. The molecule has 1 aromatic carbocycles. The minimum atomic E-state index is -0.336. The van der Waals surface area contributed by atoms with Gasteiger partial charge in [-0.25, -0.2) is 0 Å². The van der Waals surface area contributed by atoms with E-state index in [9.17, 15) is 0 Å². The molecule has 0 aliphatic carbocycles. The number of thiol groups is 1. The fourth-order valence-electron chi connectivity index (χ4n) is 3.41. The van der Waals surface area contributed by atoms with E-state index in [2.05, 4.69) is 75.6 Å². The van der Waals surface area contributed by atoms with Crippen molar-refractivity contribution in [2.75, 3.05) is 23.7 Å². The highest BCUT2D eigenvalue weighted by molar-refractivity contribution is 7.80. The van der Waals surface area contributed by atoms with Gasteiger partial charge in [0.2, 0.25) is 0 Å². The van der Waals surface area contributed by atoms with Crippen molar-refractivity contribution < 1.29 is 9.31 Å². The summed E-state index contributed by atoms with van der Waals surface area (Å²) in [6, 6.07) is 8.62. The summed E-state index contributed by atoms with van der Waals surface area (Å²) in [5.41, 5.74) is 2.95. The topological polar surface area (TPSA) is 21.7 Å². The van der Waals surface area contributed by atoms with Crippen LogP contribution in [0.25, 0.3) is 6.08 Å². The van der Waals surface area contributed by atoms with Crippen molar-refractivity contribution in [1.29, 1.82) is 0 Å². The van der Waals surface area contributed by atoms with E-state index in [0.29, 0.717) is 5.75 Å². The molecule has 5 heteroatoms. The van der Waals surface area contributed by atoms with E-state index in [-0.39, 0.29) is 18.3 Å². The first-order valence-electron chi connectivity index (χ1n) is 9.35. The summed E-state index contributed by atoms with van der Waals surface area (Å²) >= 11 is 4.55. The van der Waals surface area contributed by atoms with Gasteiger partial charge in [-0.2, -0.15) is 12.6 Å². The van der Waals surface area contributed by atoms with Gasteiger partial charge in [0, 0.05) is 24.5 Å². The molecular weight excluding hydrogens is 329 g/mol. The van der Waals surface area contributed by atoms with Crippen molar-refractivity contribution in [3.05, 3.63) is 35.3 Å². The zero-order valence-electron chi connectivity index (χ0n) is 15.9. The Morgan fingerprint density at radius 1 is 1.08 bits per heavy atom. The Morgan fingerprint density at radius 3 is 2.28 bits per heavy atom. The molecule has 3 nitrogen and oxygen atoms in total. The van der Waals surface area contributed by atoms with Crippen LogP contribution in [-0.2, 0) is 9.31 Å². The van der Waals surface area contributed by atoms with Gasteiger partial charge in [0.05, 0.1) is 11.2 Å². The van der Waals surface area contributed by atoms with Gasteiger partial charge in [-0.3, -0.25) is 0 Å². The van der Waals surface area contributed by atoms with E-state index in [1.54, 1.807) is 0 Å². The Kier molecular flexibility index (Phi) is 5.57. The quantitative estimate of drug-likeness (QED) is 0.626. The second-order valence-electron chi connectivity index (χ2n) is 8.07. The second-order valence-corrected chi connectivity index (χ2v) is 8.39. The van der Waals surface area contributed by atoms with E-state index >= 15 is 0 Å². The minimum absolute atomic E-state index is 0.327. The molecule has 2 aliphatic heterocycles. The standard InChI is InChI=1S/C20H30BNO2S/c1-19(2)20(3,4)24-21(23-19)17(15-25)14-16-10-6-7-11-18(16)22-12-8-5-9-13-22/h6-7,10-11,14,25H,5,8-9,12-13,15H2,1-4H3. The molecule has 2 fully saturated rings.